The maximum Gasteiger partial charge on any atom is 0.247 e. The molecule has 0 bridgehead atoms. The summed E-state index contributed by atoms with van der Waals surface area (Å²) in [6.45, 7) is 0.757. The van der Waals surface area contributed by atoms with E-state index in [0.717, 1.165) is 22.3 Å². The van der Waals surface area contributed by atoms with E-state index in [1.165, 1.54) is 17.1 Å². The second-order valence-corrected chi connectivity index (χ2v) is 12.5. The first kappa shape index (κ1) is 45.3. The fraction of sp³-hybridized carbons (Fsp3) is 0.286. The molecule has 56 heavy (non-hydrogen) atoms. The summed E-state index contributed by atoms with van der Waals surface area (Å²) < 4.78 is 26.5. The number of carbonyl (C=O) groups is 2. The number of halogens is 2. The predicted octanol–water partition coefficient (Wildman–Crippen LogP) is 5.52. The SMILES string of the molecule is COc1ccc(C(=CC(=O)N(CCO)CCO)c2ccc(Cl)cc2)cc1OC.COc1ccc(C(=CC(=O)NCCOCCO)c2ccc(Cl)cc2)cc1OC. The Morgan fingerprint density at radius 3 is 1.43 bits per heavy atom. The monoisotopic (exact) mass is 810 g/mol. The zero-order valence-corrected chi connectivity index (χ0v) is 33.3. The van der Waals surface area contributed by atoms with Gasteiger partial charge in [-0.1, -0.05) is 59.6 Å². The summed E-state index contributed by atoms with van der Waals surface area (Å²) in [5.74, 6) is 1.71. The van der Waals surface area contributed by atoms with E-state index in [-0.39, 0.29) is 51.3 Å². The van der Waals surface area contributed by atoms with Gasteiger partial charge in [-0.25, -0.2) is 0 Å². The number of hydrogen-bond donors (Lipinski definition) is 4. The second-order valence-electron chi connectivity index (χ2n) is 11.7. The molecule has 0 unspecified atom stereocenters. The minimum atomic E-state index is -0.317. The molecule has 300 valence electrons. The van der Waals surface area contributed by atoms with Gasteiger partial charge in [0.1, 0.15) is 0 Å². The van der Waals surface area contributed by atoms with Crippen LogP contribution in [-0.4, -0.2) is 113 Å². The van der Waals surface area contributed by atoms with Crippen molar-refractivity contribution >= 4 is 46.2 Å². The Kier molecular flexibility index (Phi) is 19.8. The number of methoxy groups -OCH3 is 4. The number of benzene rings is 4. The van der Waals surface area contributed by atoms with Gasteiger partial charge >= 0.3 is 0 Å². The Morgan fingerprint density at radius 2 is 1.02 bits per heavy atom. The van der Waals surface area contributed by atoms with Crippen LogP contribution in [0.4, 0.5) is 0 Å². The van der Waals surface area contributed by atoms with Crippen LogP contribution in [0.25, 0.3) is 11.1 Å². The highest BCUT2D eigenvalue weighted by Gasteiger charge is 2.16. The van der Waals surface area contributed by atoms with E-state index in [2.05, 4.69) is 5.32 Å². The minimum Gasteiger partial charge on any atom is -0.493 e. The summed E-state index contributed by atoms with van der Waals surface area (Å²) >= 11 is 12.0. The lowest BCUT2D eigenvalue weighted by Gasteiger charge is -2.20. The molecule has 4 aromatic rings. The van der Waals surface area contributed by atoms with Crippen molar-refractivity contribution in [1.82, 2.24) is 10.2 Å². The highest BCUT2D eigenvalue weighted by Crippen LogP contribution is 2.34. The molecule has 0 saturated carbocycles. The maximum atomic E-state index is 12.8. The first-order valence-corrected chi connectivity index (χ1v) is 18.3. The molecule has 0 atom stereocenters. The van der Waals surface area contributed by atoms with Crippen LogP contribution in [0.1, 0.15) is 22.3 Å². The number of ether oxygens (including phenoxy) is 5. The van der Waals surface area contributed by atoms with Crippen LogP contribution < -0.4 is 24.3 Å². The van der Waals surface area contributed by atoms with Crippen molar-refractivity contribution in [3.05, 3.63) is 129 Å². The van der Waals surface area contributed by atoms with Gasteiger partial charge in [0, 0.05) is 41.8 Å². The Bertz CT molecular complexity index is 1890. The quantitative estimate of drug-likeness (QED) is 0.0704. The molecular weight excluding hydrogens is 763 g/mol. The molecule has 0 radical (unpaired) electrons. The van der Waals surface area contributed by atoms with Crippen LogP contribution >= 0.6 is 23.2 Å². The third-order valence-electron chi connectivity index (χ3n) is 8.08. The Balaban J connectivity index is 0.000000300. The molecule has 0 aliphatic carbocycles. The molecular formula is C42H48Cl2N2O10. The van der Waals surface area contributed by atoms with Gasteiger partial charge in [-0.3, -0.25) is 9.59 Å². The maximum absolute atomic E-state index is 12.8. The number of rotatable bonds is 19. The lowest BCUT2D eigenvalue weighted by atomic mass is 9.96. The summed E-state index contributed by atoms with van der Waals surface area (Å²) in [5, 5.41) is 31.1. The molecule has 0 aliphatic rings. The molecule has 12 nitrogen and oxygen atoms in total. The average Bonchev–Trinajstić information content (AvgIpc) is 3.22. The number of carbonyl (C=O) groups excluding carboxylic acids is 2. The van der Waals surface area contributed by atoms with Gasteiger partial charge in [0.25, 0.3) is 0 Å². The Hall–Kier alpha value is -5.08. The highest BCUT2D eigenvalue weighted by molar-refractivity contribution is 6.31. The summed E-state index contributed by atoms with van der Waals surface area (Å²) in [4.78, 5) is 26.6. The summed E-state index contributed by atoms with van der Waals surface area (Å²) in [6.07, 6.45) is 3.01. The molecule has 0 aliphatic heterocycles. The molecule has 0 heterocycles. The zero-order valence-electron chi connectivity index (χ0n) is 31.8. The molecule has 2 amide bonds. The highest BCUT2D eigenvalue weighted by atomic mass is 35.5. The van der Waals surface area contributed by atoms with E-state index in [9.17, 15) is 19.8 Å². The fourth-order valence-electron chi connectivity index (χ4n) is 5.32. The van der Waals surface area contributed by atoms with Gasteiger partial charge in [-0.2, -0.15) is 0 Å². The molecule has 0 fully saturated rings. The van der Waals surface area contributed by atoms with E-state index in [0.29, 0.717) is 57.3 Å². The standard InChI is InChI=1S/2C21H24ClNO5/c1-26-19-8-5-16(13-20(19)27-2)18(15-3-6-17(22)7-4-15)14-21(25)23-9-11-28-12-10-24;1-27-19-8-5-16(13-20(19)28-2)18(15-3-6-17(22)7-4-15)14-21(26)23(9-11-24)10-12-25/h3-8,13-14,24H,9-12H2,1-2H3,(H,23,25);3-8,13-14,24-25H,9-12H2,1-2H3. The lowest BCUT2D eigenvalue weighted by molar-refractivity contribution is -0.127. The predicted molar refractivity (Wildman–Crippen MR) is 218 cm³/mol. The number of nitrogens with one attached hydrogen (secondary N) is 1. The van der Waals surface area contributed by atoms with E-state index in [1.54, 1.807) is 70.9 Å². The summed E-state index contributed by atoms with van der Waals surface area (Å²) in [6, 6.07) is 25.2. The normalized spacial score (nSPS) is 11.2. The molecule has 14 heteroatoms. The lowest BCUT2D eigenvalue weighted by Crippen LogP contribution is -2.34. The third-order valence-corrected chi connectivity index (χ3v) is 8.58. The topological polar surface area (TPSA) is 156 Å². The number of amides is 2. The molecule has 4 rings (SSSR count). The fourth-order valence-corrected chi connectivity index (χ4v) is 5.57. The third kappa shape index (κ3) is 13.9. The molecule has 0 spiro atoms. The van der Waals surface area contributed by atoms with Gasteiger partial charge in [-0.05, 0) is 81.9 Å². The van der Waals surface area contributed by atoms with Crippen molar-refractivity contribution in [2.75, 3.05) is 81.1 Å². The van der Waals surface area contributed by atoms with E-state index in [1.807, 2.05) is 42.5 Å². The van der Waals surface area contributed by atoms with E-state index in [4.69, 9.17) is 52.0 Å². The van der Waals surface area contributed by atoms with Crippen LogP contribution in [-0.2, 0) is 14.3 Å². The van der Waals surface area contributed by atoms with Gasteiger partial charge in [0.05, 0.1) is 61.5 Å². The number of hydrogen-bond acceptors (Lipinski definition) is 10. The zero-order chi connectivity index (χ0) is 40.9. The second kappa shape index (κ2) is 24.4. The first-order valence-electron chi connectivity index (χ1n) is 17.5. The van der Waals surface area contributed by atoms with Crippen LogP contribution in [0.15, 0.2) is 97.1 Å². The van der Waals surface area contributed by atoms with Gasteiger partial charge in [0.15, 0.2) is 23.0 Å². The van der Waals surface area contributed by atoms with Crippen LogP contribution in [0, 0.1) is 0 Å². The van der Waals surface area contributed by atoms with Gasteiger partial charge in [0.2, 0.25) is 11.8 Å². The van der Waals surface area contributed by atoms with Gasteiger partial charge in [-0.15, -0.1) is 0 Å². The van der Waals surface area contributed by atoms with Crippen molar-refractivity contribution in [2.45, 2.75) is 0 Å². The van der Waals surface area contributed by atoms with Crippen molar-refractivity contribution in [2.24, 2.45) is 0 Å². The minimum absolute atomic E-state index is 0.0478. The number of nitrogens with zero attached hydrogens (tertiary/aromatic N) is 1. The Morgan fingerprint density at radius 1 is 0.589 bits per heavy atom. The number of aliphatic hydroxyl groups is 3. The van der Waals surface area contributed by atoms with E-state index < -0.39 is 0 Å². The van der Waals surface area contributed by atoms with Crippen molar-refractivity contribution in [1.29, 1.82) is 0 Å². The Labute approximate surface area is 337 Å². The molecule has 4 aromatic carbocycles. The van der Waals surface area contributed by atoms with Crippen LogP contribution in [0.3, 0.4) is 0 Å². The van der Waals surface area contributed by atoms with E-state index >= 15 is 0 Å². The first-order chi connectivity index (χ1) is 27.1. The molecule has 0 saturated heterocycles. The average molecular weight is 812 g/mol. The number of aliphatic hydroxyl groups excluding tert-OH is 3. The summed E-state index contributed by atoms with van der Waals surface area (Å²) in [5.41, 5.74) is 4.55. The smallest absolute Gasteiger partial charge is 0.247 e. The van der Waals surface area contributed by atoms with Crippen LogP contribution in [0.2, 0.25) is 10.0 Å². The molecule has 4 N–H and O–H groups in total. The largest absolute Gasteiger partial charge is 0.493 e. The van der Waals surface area contributed by atoms with Crippen molar-refractivity contribution in [3.63, 3.8) is 0 Å². The van der Waals surface area contributed by atoms with Crippen molar-refractivity contribution < 1.29 is 48.6 Å². The van der Waals surface area contributed by atoms with Crippen molar-refractivity contribution in [3.8, 4) is 23.0 Å². The molecule has 0 aromatic heterocycles. The van der Waals surface area contributed by atoms with Gasteiger partial charge < -0.3 is 49.2 Å². The summed E-state index contributed by atoms with van der Waals surface area (Å²) in [7, 11) is 6.23. The van der Waals surface area contributed by atoms with Crippen LogP contribution in [0.5, 0.6) is 23.0 Å².